The zero-order valence-corrected chi connectivity index (χ0v) is 16.4. The van der Waals surface area contributed by atoms with Gasteiger partial charge in [-0.1, -0.05) is 11.8 Å². The summed E-state index contributed by atoms with van der Waals surface area (Å²) in [5.74, 6) is 1.73. The highest BCUT2D eigenvalue weighted by molar-refractivity contribution is 7.99. The van der Waals surface area contributed by atoms with Crippen LogP contribution in [0.25, 0.3) is 22.6 Å². The van der Waals surface area contributed by atoms with Crippen molar-refractivity contribution in [1.29, 1.82) is 0 Å². The Kier molecular flexibility index (Phi) is 4.67. The maximum absolute atomic E-state index is 12.6. The van der Waals surface area contributed by atoms with E-state index in [1.165, 1.54) is 27.2 Å². The van der Waals surface area contributed by atoms with Crippen LogP contribution >= 0.6 is 11.8 Å². The van der Waals surface area contributed by atoms with Crippen LogP contribution in [0.15, 0.2) is 42.3 Å². The molecule has 0 unspecified atom stereocenters. The first-order valence-electron chi connectivity index (χ1n) is 8.59. The summed E-state index contributed by atoms with van der Waals surface area (Å²) < 4.78 is 15.1. The summed E-state index contributed by atoms with van der Waals surface area (Å²) in [6.07, 6.45) is 3.69. The molecule has 10 nitrogen and oxygen atoms in total. The number of nitrogens with zero attached hydrogens (tertiary/aromatic N) is 6. The van der Waals surface area contributed by atoms with E-state index >= 15 is 0 Å². The minimum Gasteiger partial charge on any atom is -0.469 e. The third kappa shape index (κ3) is 3.07. The number of imidazole rings is 1. The number of hydrogen-bond acceptors (Lipinski definition) is 8. The minimum atomic E-state index is -0.378. The lowest BCUT2D eigenvalue weighted by Gasteiger charge is -2.08. The summed E-state index contributed by atoms with van der Waals surface area (Å²) in [6.45, 7) is 2.12. The van der Waals surface area contributed by atoms with Gasteiger partial charge in [0.25, 0.3) is 16.7 Å². The van der Waals surface area contributed by atoms with Crippen LogP contribution < -0.4 is 11.2 Å². The van der Waals surface area contributed by atoms with Gasteiger partial charge >= 0.3 is 5.69 Å². The molecule has 0 bridgehead atoms. The van der Waals surface area contributed by atoms with Crippen LogP contribution in [0.5, 0.6) is 0 Å². The van der Waals surface area contributed by atoms with Gasteiger partial charge in [-0.25, -0.2) is 9.78 Å². The Morgan fingerprint density at radius 2 is 2.04 bits per heavy atom. The fraction of sp³-hybridized carbons (Fsp3) is 0.353. The average Bonchev–Trinajstić information content (AvgIpc) is 3.39. The van der Waals surface area contributed by atoms with Crippen molar-refractivity contribution >= 4 is 22.9 Å². The van der Waals surface area contributed by atoms with Crippen molar-refractivity contribution < 1.29 is 8.83 Å². The minimum absolute atomic E-state index is 0.293. The van der Waals surface area contributed by atoms with Crippen molar-refractivity contribution in [3.63, 3.8) is 0 Å². The standard InChI is InChI=1S/C17H18N6O4S/c1-10-11(5-7-26-10)14-19-20-16(27-14)28-8-4-6-23-15(24)12-13(18-9-21(12)2)22(3)17(23)25/h5,7,9H,4,6,8H2,1-3H3. The number of aromatic nitrogens is 6. The normalized spacial score (nSPS) is 11.5. The molecular formula is C17H18N6O4S. The van der Waals surface area contributed by atoms with E-state index in [1.54, 1.807) is 31.0 Å². The van der Waals surface area contributed by atoms with E-state index in [1.807, 2.05) is 6.92 Å². The van der Waals surface area contributed by atoms with Gasteiger partial charge in [0.1, 0.15) is 5.76 Å². The quantitative estimate of drug-likeness (QED) is 0.353. The molecule has 0 aliphatic heterocycles. The van der Waals surface area contributed by atoms with Crippen LogP contribution in [0.1, 0.15) is 12.2 Å². The second-order valence-electron chi connectivity index (χ2n) is 6.29. The molecule has 146 valence electrons. The summed E-state index contributed by atoms with van der Waals surface area (Å²) in [6, 6.07) is 1.77. The fourth-order valence-electron chi connectivity index (χ4n) is 2.96. The topological polar surface area (TPSA) is 114 Å². The van der Waals surface area contributed by atoms with E-state index in [2.05, 4.69) is 15.2 Å². The molecule has 0 saturated carbocycles. The third-order valence-electron chi connectivity index (χ3n) is 4.45. The second kappa shape index (κ2) is 7.15. The highest BCUT2D eigenvalue weighted by Crippen LogP contribution is 2.26. The van der Waals surface area contributed by atoms with Gasteiger partial charge in [0.15, 0.2) is 11.2 Å². The zero-order chi connectivity index (χ0) is 19.8. The Bertz CT molecular complexity index is 1260. The summed E-state index contributed by atoms with van der Waals surface area (Å²) in [4.78, 5) is 29.2. The van der Waals surface area contributed by atoms with Gasteiger partial charge in [-0.05, 0) is 19.4 Å². The Hall–Kier alpha value is -3.08. The van der Waals surface area contributed by atoms with E-state index in [-0.39, 0.29) is 11.2 Å². The first kappa shape index (κ1) is 18.3. The van der Waals surface area contributed by atoms with E-state index in [4.69, 9.17) is 8.83 Å². The van der Waals surface area contributed by atoms with Crippen molar-refractivity contribution in [2.45, 2.75) is 25.1 Å². The van der Waals surface area contributed by atoms with E-state index < -0.39 is 0 Å². The Balaban J connectivity index is 1.45. The number of rotatable bonds is 6. The van der Waals surface area contributed by atoms with Crippen LogP contribution in [-0.4, -0.2) is 34.6 Å². The number of thioether (sulfide) groups is 1. The molecule has 0 radical (unpaired) electrons. The molecule has 0 atom stereocenters. The highest BCUT2D eigenvalue weighted by Gasteiger charge is 2.15. The van der Waals surface area contributed by atoms with Gasteiger partial charge in [-0.2, -0.15) is 0 Å². The number of aryl methyl sites for hydroxylation is 3. The molecular weight excluding hydrogens is 384 g/mol. The van der Waals surface area contributed by atoms with Gasteiger partial charge in [-0.15, -0.1) is 10.2 Å². The van der Waals surface area contributed by atoms with Gasteiger partial charge in [0.05, 0.1) is 18.2 Å². The van der Waals surface area contributed by atoms with Crippen LogP contribution in [0, 0.1) is 6.92 Å². The lowest BCUT2D eigenvalue weighted by atomic mass is 10.3. The van der Waals surface area contributed by atoms with Gasteiger partial charge in [-0.3, -0.25) is 13.9 Å². The number of fused-ring (bicyclic) bond motifs is 1. The molecule has 28 heavy (non-hydrogen) atoms. The lowest BCUT2D eigenvalue weighted by Crippen LogP contribution is -2.39. The van der Waals surface area contributed by atoms with Crippen LogP contribution in [-0.2, 0) is 20.6 Å². The molecule has 0 N–H and O–H groups in total. The molecule has 0 spiro atoms. The summed E-state index contributed by atoms with van der Waals surface area (Å²) in [7, 11) is 3.34. The molecule has 0 aliphatic carbocycles. The highest BCUT2D eigenvalue weighted by atomic mass is 32.2. The SMILES string of the molecule is Cc1occc1-c1nnc(SCCCn2c(=O)c3c(ncn3C)n(C)c2=O)o1. The largest absolute Gasteiger partial charge is 0.469 e. The number of hydrogen-bond donors (Lipinski definition) is 0. The Labute approximate surface area is 162 Å². The molecule has 0 saturated heterocycles. The van der Waals surface area contributed by atoms with Crippen molar-refractivity contribution in [3.05, 3.63) is 45.3 Å². The first-order valence-corrected chi connectivity index (χ1v) is 9.57. The lowest BCUT2D eigenvalue weighted by molar-refractivity contribution is 0.463. The van der Waals surface area contributed by atoms with Crippen LogP contribution in [0.3, 0.4) is 0 Å². The summed E-state index contributed by atoms with van der Waals surface area (Å²) in [5.41, 5.74) is 0.844. The van der Waals surface area contributed by atoms with Crippen LogP contribution in [0.2, 0.25) is 0 Å². The fourth-order valence-corrected chi connectivity index (χ4v) is 3.64. The van der Waals surface area contributed by atoms with Crippen molar-refractivity contribution in [2.24, 2.45) is 14.1 Å². The second-order valence-corrected chi connectivity index (χ2v) is 7.34. The van der Waals surface area contributed by atoms with Crippen LogP contribution in [0.4, 0.5) is 0 Å². The molecule has 0 aliphatic rings. The average molecular weight is 402 g/mol. The summed E-state index contributed by atoms with van der Waals surface area (Å²) in [5, 5.41) is 8.46. The first-order chi connectivity index (χ1) is 13.5. The zero-order valence-electron chi connectivity index (χ0n) is 15.6. The van der Waals surface area contributed by atoms with E-state index in [0.717, 1.165) is 5.56 Å². The van der Waals surface area contributed by atoms with E-state index in [0.29, 0.717) is 46.8 Å². The maximum atomic E-state index is 12.6. The predicted molar refractivity (Wildman–Crippen MR) is 102 cm³/mol. The molecule has 0 fully saturated rings. The third-order valence-corrected chi connectivity index (χ3v) is 5.35. The Morgan fingerprint density at radius 1 is 1.21 bits per heavy atom. The van der Waals surface area contributed by atoms with Crippen molar-refractivity contribution in [2.75, 3.05) is 5.75 Å². The molecule has 4 aromatic heterocycles. The molecule has 4 aromatic rings. The predicted octanol–water partition coefficient (Wildman–Crippen LogP) is 1.57. The molecule has 4 heterocycles. The van der Waals surface area contributed by atoms with Gasteiger partial charge in [0, 0.05) is 26.4 Å². The summed E-state index contributed by atoms with van der Waals surface area (Å²) >= 11 is 1.38. The molecule has 4 rings (SSSR count). The smallest absolute Gasteiger partial charge is 0.332 e. The van der Waals surface area contributed by atoms with E-state index in [9.17, 15) is 9.59 Å². The monoisotopic (exact) mass is 402 g/mol. The van der Waals surface area contributed by atoms with Crippen molar-refractivity contribution in [1.82, 2.24) is 28.9 Å². The molecule has 0 aromatic carbocycles. The molecule has 11 heteroatoms. The molecule has 0 amide bonds. The van der Waals surface area contributed by atoms with Crippen molar-refractivity contribution in [3.8, 4) is 11.5 Å². The van der Waals surface area contributed by atoms with Gasteiger partial charge < -0.3 is 13.4 Å². The number of furan rings is 1. The maximum Gasteiger partial charge on any atom is 0.332 e. The van der Waals surface area contributed by atoms with Gasteiger partial charge in [0.2, 0.25) is 0 Å². The Morgan fingerprint density at radius 3 is 2.79 bits per heavy atom.